The Morgan fingerprint density at radius 2 is 2.21 bits per heavy atom. The third-order valence-electron chi connectivity index (χ3n) is 2.10. The van der Waals surface area contributed by atoms with Crippen LogP contribution in [0.25, 0.3) is 0 Å². The van der Waals surface area contributed by atoms with Crippen LogP contribution in [-0.4, -0.2) is 31.7 Å². The van der Waals surface area contributed by atoms with Gasteiger partial charge < -0.3 is 15.8 Å². The molecule has 2 atom stereocenters. The molecule has 4 heteroatoms. The van der Waals surface area contributed by atoms with Crippen LogP contribution in [0.5, 0.6) is 0 Å². The lowest BCUT2D eigenvalue weighted by Gasteiger charge is -2.13. The first-order valence-electron chi connectivity index (χ1n) is 5.15. The van der Waals surface area contributed by atoms with Crippen molar-refractivity contribution in [2.75, 3.05) is 13.7 Å². The summed E-state index contributed by atoms with van der Waals surface area (Å²) in [7, 11) is 1.62. The lowest BCUT2D eigenvalue weighted by molar-refractivity contribution is -0.121. The maximum Gasteiger partial charge on any atom is 0.221 e. The van der Waals surface area contributed by atoms with Gasteiger partial charge >= 0.3 is 0 Å². The van der Waals surface area contributed by atoms with E-state index in [0.29, 0.717) is 13.0 Å². The van der Waals surface area contributed by atoms with E-state index < -0.39 is 0 Å². The molecule has 4 nitrogen and oxygen atoms in total. The van der Waals surface area contributed by atoms with Gasteiger partial charge in [0.15, 0.2) is 0 Å². The maximum absolute atomic E-state index is 11.3. The van der Waals surface area contributed by atoms with E-state index >= 15 is 0 Å². The van der Waals surface area contributed by atoms with Crippen LogP contribution < -0.4 is 11.1 Å². The first-order valence-corrected chi connectivity index (χ1v) is 5.15. The van der Waals surface area contributed by atoms with Crippen LogP contribution in [0.2, 0.25) is 0 Å². The fraction of sp³-hybridized carbons (Fsp3) is 0.900. The van der Waals surface area contributed by atoms with Crippen molar-refractivity contribution in [3.8, 4) is 0 Å². The van der Waals surface area contributed by atoms with E-state index in [1.807, 2.05) is 6.92 Å². The number of carbonyl (C=O) groups is 1. The lowest BCUT2D eigenvalue weighted by Crippen LogP contribution is -2.35. The third-order valence-corrected chi connectivity index (χ3v) is 2.10. The third kappa shape index (κ3) is 6.86. The van der Waals surface area contributed by atoms with Gasteiger partial charge in [-0.25, -0.2) is 0 Å². The van der Waals surface area contributed by atoms with Crippen molar-refractivity contribution in [2.24, 2.45) is 5.73 Å². The fourth-order valence-corrected chi connectivity index (χ4v) is 1.12. The van der Waals surface area contributed by atoms with Crippen LogP contribution in [-0.2, 0) is 9.53 Å². The molecule has 0 aliphatic rings. The number of amides is 1. The Labute approximate surface area is 86.2 Å². The summed E-state index contributed by atoms with van der Waals surface area (Å²) in [5.41, 5.74) is 5.73. The van der Waals surface area contributed by atoms with Gasteiger partial charge in [-0.2, -0.15) is 0 Å². The second-order valence-electron chi connectivity index (χ2n) is 3.60. The Kier molecular flexibility index (Phi) is 7.42. The second kappa shape index (κ2) is 7.76. The van der Waals surface area contributed by atoms with Crippen molar-refractivity contribution in [1.29, 1.82) is 0 Å². The van der Waals surface area contributed by atoms with E-state index in [2.05, 4.69) is 12.2 Å². The molecule has 0 heterocycles. The van der Waals surface area contributed by atoms with Gasteiger partial charge in [0.2, 0.25) is 5.91 Å². The van der Waals surface area contributed by atoms with Gasteiger partial charge in [0.05, 0.1) is 6.10 Å². The average molecular weight is 202 g/mol. The van der Waals surface area contributed by atoms with E-state index in [1.54, 1.807) is 7.11 Å². The Bertz CT molecular complexity index is 162. The molecular formula is C10H22N2O2. The smallest absolute Gasteiger partial charge is 0.221 e. The molecule has 0 aromatic carbocycles. The van der Waals surface area contributed by atoms with Gasteiger partial charge in [-0.1, -0.05) is 13.3 Å². The molecular weight excluding hydrogens is 180 g/mol. The highest BCUT2D eigenvalue weighted by atomic mass is 16.5. The molecule has 0 saturated carbocycles. The summed E-state index contributed by atoms with van der Waals surface area (Å²) >= 11 is 0. The molecule has 84 valence electrons. The highest BCUT2D eigenvalue weighted by Crippen LogP contribution is 1.98. The normalized spacial score (nSPS) is 14.9. The molecule has 2 unspecified atom stereocenters. The van der Waals surface area contributed by atoms with E-state index in [1.165, 1.54) is 0 Å². The molecule has 0 fully saturated rings. The number of carbonyl (C=O) groups excluding carboxylic acids is 1. The van der Waals surface area contributed by atoms with Crippen molar-refractivity contribution in [2.45, 2.75) is 45.3 Å². The van der Waals surface area contributed by atoms with E-state index in [0.717, 1.165) is 12.8 Å². The lowest BCUT2D eigenvalue weighted by atomic mass is 10.1. The molecule has 3 N–H and O–H groups in total. The van der Waals surface area contributed by atoms with E-state index in [4.69, 9.17) is 10.5 Å². The average Bonchev–Trinajstić information content (AvgIpc) is 2.14. The number of nitrogens with one attached hydrogen (secondary N) is 1. The van der Waals surface area contributed by atoms with Crippen LogP contribution in [0, 0.1) is 0 Å². The summed E-state index contributed by atoms with van der Waals surface area (Å²) in [5.74, 6) is 0.00912. The molecule has 0 aromatic heterocycles. The van der Waals surface area contributed by atoms with Gasteiger partial charge in [-0.15, -0.1) is 0 Å². The minimum atomic E-state index is -0.0159. The second-order valence-corrected chi connectivity index (χ2v) is 3.60. The highest BCUT2D eigenvalue weighted by molar-refractivity contribution is 5.76. The van der Waals surface area contributed by atoms with Crippen molar-refractivity contribution in [3.05, 3.63) is 0 Å². The zero-order valence-corrected chi connectivity index (χ0v) is 9.38. The van der Waals surface area contributed by atoms with Crippen molar-refractivity contribution in [3.63, 3.8) is 0 Å². The summed E-state index contributed by atoms with van der Waals surface area (Å²) in [6, 6.07) is -0.0159. The number of rotatable bonds is 7. The molecule has 0 rings (SSSR count). The Morgan fingerprint density at radius 1 is 1.57 bits per heavy atom. The molecule has 0 aliphatic carbocycles. The van der Waals surface area contributed by atoms with Crippen LogP contribution in [0.15, 0.2) is 0 Å². The molecule has 0 bridgehead atoms. The largest absolute Gasteiger partial charge is 0.380 e. The number of hydrogen-bond acceptors (Lipinski definition) is 3. The predicted molar refractivity (Wildman–Crippen MR) is 57.0 cm³/mol. The van der Waals surface area contributed by atoms with Gasteiger partial charge in [0.1, 0.15) is 0 Å². The molecule has 0 saturated heterocycles. The van der Waals surface area contributed by atoms with Gasteiger partial charge in [-0.3, -0.25) is 4.79 Å². The summed E-state index contributed by atoms with van der Waals surface area (Å²) in [5, 5.41) is 2.78. The van der Waals surface area contributed by atoms with E-state index in [-0.39, 0.29) is 18.1 Å². The molecule has 0 radical (unpaired) electrons. The first kappa shape index (κ1) is 13.4. The molecule has 0 aromatic rings. The molecule has 1 amide bonds. The first-order chi connectivity index (χ1) is 6.60. The zero-order chi connectivity index (χ0) is 11.0. The number of hydrogen-bond donors (Lipinski definition) is 2. The van der Waals surface area contributed by atoms with Gasteiger partial charge in [-0.05, 0) is 13.3 Å². The fourth-order valence-electron chi connectivity index (χ4n) is 1.12. The van der Waals surface area contributed by atoms with Crippen LogP contribution >= 0.6 is 0 Å². The quantitative estimate of drug-likeness (QED) is 0.637. The highest BCUT2D eigenvalue weighted by Gasteiger charge is 2.09. The SMILES string of the molecule is CCCC(N)CC(=O)NCC(C)OC. The van der Waals surface area contributed by atoms with Crippen LogP contribution in [0.4, 0.5) is 0 Å². The predicted octanol–water partition coefficient (Wildman–Crippen LogP) is 0.655. The molecule has 14 heavy (non-hydrogen) atoms. The number of methoxy groups -OCH3 is 1. The van der Waals surface area contributed by atoms with Crippen LogP contribution in [0.3, 0.4) is 0 Å². The number of ether oxygens (including phenoxy) is 1. The van der Waals surface area contributed by atoms with Crippen molar-refractivity contribution < 1.29 is 9.53 Å². The van der Waals surface area contributed by atoms with Crippen LogP contribution in [0.1, 0.15) is 33.1 Å². The Balaban J connectivity index is 3.54. The Morgan fingerprint density at radius 3 is 2.71 bits per heavy atom. The monoisotopic (exact) mass is 202 g/mol. The minimum absolute atomic E-state index is 0.00912. The van der Waals surface area contributed by atoms with Gasteiger partial charge in [0.25, 0.3) is 0 Å². The minimum Gasteiger partial charge on any atom is -0.380 e. The maximum atomic E-state index is 11.3. The standard InChI is InChI=1S/C10H22N2O2/c1-4-5-9(11)6-10(13)12-7-8(2)14-3/h8-9H,4-7,11H2,1-3H3,(H,12,13). The van der Waals surface area contributed by atoms with Crippen molar-refractivity contribution >= 4 is 5.91 Å². The van der Waals surface area contributed by atoms with Gasteiger partial charge in [0, 0.05) is 26.1 Å². The van der Waals surface area contributed by atoms with E-state index in [9.17, 15) is 4.79 Å². The summed E-state index contributed by atoms with van der Waals surface area (Å²) in [6.45, 7) is 4.52. The topological polar surface area (TPSA) is 64.4 Å². The number of nitrogens with two attached hydrogens (primary N) is 1. The summed E-state index contributed by atoms with van der Waals surface area (Å²) in [6.07, 6.45) is 2.38. The Hall–Kier alpha value is -0.610. The summed E-state index contributed by atoms with van der Waals surface area (Å²) < 4.78 is 5.01. The summed E-state index contributed by atoms with van der Waals surface area (Å²) in [4.78, 5) is 11.3. The molecule has 0 aliphatic heterocycles. The molecule has 0 spiro atoms. The van der Waals surface area contributed by atoms with Crippen molar-refractivity contribution in [1.82, 2.24) is 5.32 Å². The zero-order valence-electron chi connectivity index (χ0n) is 9.38.